The van der Waals surface area contributed by atoms with Gasteiger partial charge in [0.1, 0.15) is 12.6 Å². The van der Waals surface area contributed by atoms with Crippen LogP contribution in [0.3, 0.4) is 0 Å². The first-order chi connectivity index (χ1) is 18.4. The first-order valence-corrected chi connectivity index (χ1v) is 14.0. The Morgan fingerprint density at radius 3 is 2.50 bits per heavy atom. The van der Waals surface area contributed by atoms with Gasteiger partial charge < -0.3 is 26.4 Å². The molecule has 0 radical (unpaired) electrons. The van der Waals surface area contributed by atoms with Gasteiger partial charge in [0, 0.05) is 19.6 Å². The van der Waals surface area contributed by atoms with Crippen molar-refractivity contribution in [3.05, 3.63) is 35.9 Å². The number of hydrogen-bond donors (Lipinski definition) is 4. The second-order valence-electron chi connectivity index (χ2n) is 10.3. The van der Waals surface area contributed by atoms with E-state index < -0.39 is 18.1 Å². The van der Waals surface area contributed by atoms with Gasteiger partial charge in [0.05, 0.1) is 12.6 Å². The lowest BCUT2D eigenvalue weighted by atomic mass is 9.84. The fourth-order valence-corrected chi connectivity index (χ4v) is 5.31. The Kier molecular flexibility index (Phi) is 12.4. The molecule has 1 aliphatic heterocycles. The predicted octanol–water partition coefficient (Wildman–Crippen LogP) is 1.82. The number of benzene rings is 1. The first-order valence-electron chi connectivity index (χ1n) is 14.0. The Morgan fingerprint density at radius 2 is 1.76 bits per heavy atom. The molecule has 0 spiro atoms. The quantitative estimate of drug-likeness (QED) is 0.132. The molecule has 6 N–H and O–H groups in total. The first kappa shape index (κ1) is 29.4. The van der Waals surface area contributed by atoms with E-state index in [4.69, 9.17) is 16.2 Å². The minimum atomic E-state index is -0.530. The average Bonchev–Trinajstić information content (AvgIpc) is 2.94. The number of guanidine groups is 1. The van der Waals surface area contributed by atoms with E-state index in [9.17, 15) is 14.4 Å². The number of hydrogen-bond acceptors (Lipinski definition) is 6. The lowest BCUT2D eigenvalue weighted by Gasteiger charge is -2.38. The van der Waals surface area contributed by atoms with Gasteiger partial charge in [-0.25, -0.2) is 0 Å². The molecule has 0 aromatic heterocycles. The minimum Gasteiger partial charge on any atom is -0.460 e. The van der Waals surface area contributed by atoms with E-state index in [1.165, 1.54) is 19.3 Å². The standard InChI is InChI=1S/C28H44N6O4/c29-28(30)32-16-9-15-31-26(36)24-14-7-8-17-34(24)27(37)23(18-21-10-3-1-4-11-21)33-19-25(35)38-20-22-12-5-2-6-13-22/h2,5-6,12-13,21,23-24,33H,1,3-4,7-11,14-20H2,(H,31,36)(H4,29,30,32)/t23?,24-/m0/s1. The van der Waals surface area contributed by atoms with E-state index in [2.05, 4.69) is 15.6 Å². The highest BCUT2D eigenvalue weighted by atomic mass is 16.5. The summed E-state index contributed by atoms with van der Waals surface area (Å²) in [5.41, 5.74) is 11.6. The Labute approximate surface area is 225 Å². The van der Waals surface area contributed by atoms with E-state index in [1.54, 1.807) is 4.90 Å². The van der Waals surface area contributed by atoms with Crippen LogP contribution in [0.25, 0.3) is 0 Å². The number of carbonyl (C=O) groups is 3. The van der Waals surface area contributed by atoms with Crippen molar-refractivity contribution in [3.63, 3.8) is 0 Å². The third kappa shape index (κ3) is 9.96. The maximum Gasteiger partial charge on any atom is 0.320 e. The molecule has 38 heavy (non-hydrogen) atoms. The van der Waals surface area contributed by atoms with Gasteiger partial charge in [-0.1, -0.05) is 62.4 Å². The van der Waals surface area contributed by atoms with Crippen molar-refractivity contribution in [2.45, 2.75) is 82.9 Å². The molecule has 2 fully saturated rings. The van der Waals surface area contributed by atoms with Gasteiger partial charge in [-0.05, 0) is 43.6 Å². The van der Waals surface area contributed by atoms with Crippen molar-refractivity contribution in [1.29, 1.82) is 0 Å². The van der Waals surface area contributed by atoms with Crippen molar-refractivity contribution in [2.24, 2.45) is 22.4 Å². The summed E-state index contributed by atoms with van der Waals surface area (Å²) in [6.45, 7) is 1.55. The summed E-state index contributed by atoms with van der Waals surface area (Å²) in [7, 11) is 0. The highest BCUT2D eigenvalue weighted by Crippen LogP contribution is 2.28. The van der Waals surface area contributed by atoms with Gasteiger partial charge in [-0.2, -0.15) is 0 Å². The molecule has 10 nitrogen and oxygen atoms in total. The molecule has 210 valence electrons. The summed E-state index contributed by atoms with van der Waals surface area (Å²) >= 11 is 0. The summed E-state index contributed by atoms with van der Waals surface area (Å²) in [4.78, 5) is 45.0. The third-order valence-electron chi connectivity index (χ3n) is 7.34. The van der Waals surface area contributed by atoms with Crippen LogP contribution in [0.4, 0.5) is 0 Å². The number of amides is 2. The van der Waals surface area contributed by atoms with Gasteiger partial charge in [0.25, 0.3) is 0 Å². The lowest BCUT2D eigenvalue weighted by Crippen LogP contribution is -2.57. The number of nitrogens with two attached hydrogens (primary N) is 2. The number of esters is 1. The summed E-state index contributed by atoms with van der Waals surface area (Å²) < 4.78 is 5.42. The topological polar surface area (TPSA) is 152 Å². The molecule has 1 heterocycles. The van der Waals surface area contributed by atoms with Crippen molar-refractivity contribution in [1.82, 2.24) is 15.5 Å². The number of likely N-dealkylation sites (tertiary alicyclic amines) is 1. The highest BCUT2D eigenvalue weighted by Gasteiger charge is 2.36. The molecular formula is C28H44N6O4. The van der Waals surface area contributed by atoms with Crippen LogP contribution in [0.15, 0.2) is 35.3 Å². The maximum atomic E-state index is 13.8. The third-order valence-corrected chi connectivity index (χ3v) is 7.34. The van der Waals surface area contributed by atoms with Crippen LogP contribution in [-0.4, -0.2) is 66.9 Å². The minimum absolute atomic E-state index is 0.0285. The number of nitrogens with one attached hydrogen (secondary N) is 2. The zero-order valence-corrected chi connectivity index (χ0v) is 22.4. The molecular weight excluding hydrogens is 484 g/mol. The van der Waals surface area contributed by atoms with Crippen LogP contribution in [0.2, 0.25) is 0 Å². The van der Waals surface area contributed by atoms with E-state index in [-0.39, 0.29) is 30.9 Å². The number of carbonyl (C=O) groups excluding carboxylic acids is 3. The number of piperidine rings is 1. The fourth-order valence-electron chi connectivity index (χ4n) is 5.31. The van der Waals surface area contributed by atoms with Crippen LogP contribution in [0.1, 0.15) is 69.8 Å². The molecule has 1 aromatic rings. The second-order valence-corrected chi connectivity index (χ2v) is 10.3. The largest absolute Gasteiger partial charge is 0.460 e. The lowest BCUT2D eigenvalue weighted by molar-refractivity contribution is -0.146. The molecule has 1 saturated heterocycles. The van der Waals surface area contributed by atoms with Gasteiger partial charge in [0.2, 0.25) is 11.8 Å². The normalized spacial score (nSPS) is 18.8. The van der Waals surface area contributed by atoms with E-state index in [0.717, 1.165) is 31.2 Å². The highest BCUT2D eigenvalue weighted by molar-refractivity contribution is 5.90. The van der Waals surface area contributed by atoms with Crippen LogP contribution < -0.4 is 22.1 Å². The summed E-state index contributed by atoms with van der Waals surface area (Å²) in [6.07, 6.45) is 9.38. The number of ether oxygens (including phenoxy) is 1. The van der Waals surface area contributed by atoms with Crippen molar-refractivity contribution < 1.29 is 19.1 Å². The fraction of sp³-hybridized carbons (Fsp3) is 0.643. The van der Waals surface area contributed by atoms with Crippen molar-refractivity contribution in [2.75, 3.05) is 26.2 Å². The van der Waals surface area contributed by atoms with Crippen molar-refractivity contribution >= 4 is 23.7 Å². The van der Waals surface area contributed by atoms with Crippen LogP contribution in [0.5, 0.6) is 0 Å². The number of nitrogens with zero attached hydrogens (tertiary/aromatic N) is 2. The average molecular weight is 529 g/mol. The van der Waals surface area contributed by atoms with Crippen LogP contribution in [-0.2, 0) is 25.7 Å². The summed E-state index contributed by atoms with van der Waals surface area (Å²) in [5.74, 6) is -0.198. The van der Waals surface area contributed by atoms with Gasteiger partial charge >= 0.3 is 5.97 Å². The number of aliphatic imine (C=N–C) groups is 1. The molecule has 2 aliphatic rings. The zero-order valence-electron chi connectivity index (χ0n) is 22.4. The van der Waals surface area contributed by atoms with Crippen LogP contribution >= 0.6 is 0 Å². The SMILES string of the molecule is NC(N)=NCCCNC(=O)[C@@H]1CCCCN1C(=O)C(CC1CCCCC1)NCC(=O)OCc1ccccc1. The molecule has 1 saturated carbocycles. The zero-order chi connectivity index (χ0) is 27.2. The van der Waals surface area contributed by atoms with E-state index >= 15 is 0 Å². The van der Waals surface area contributed by atoms with Gasteiger partial charge in [-0.15, -0.1) is 0 Å². The van der Waals surface area contributed by atoms with Gasteiger partial charge in [0.15, 0.2) is 5.96 Å². The molecule has 3 rings (SSSR count). The smallest absolute Gasteiger partial charge is 0.320 e. The summed E-state index contributed by atoms with van der Waals surface area (Å²) in [5, 5.41) is 6.13. The molecule has 1 aromatic carbocycles. The second kappa shape index (κ2) is 16.0. The Morgan fingerprint density at radius 1 is 1.03 bits per heavy atom. The Bertz CT molecular complexity index is 915. The van der Waals surface area contributed by atoms with Crippen LogP contribution in [0, 0.1) is 5.92 Å². The molecule has 0 bridgehead atoms. The molecule has 1 unspecified atom stereocenters. The Balaban J connectivity index is 1.59. The maximum absolute atomic E-state index is 13.8. The molecule has 2 atom stereocenters. The monoisotopic (exact) mass is 528 g/mol. The Hall–Kier alpha value is -3.14. The molecule has 10 heteroatoms. The molecule has 1 aliphatic carbocycles. The van der Waals surface area contributed by atoms with Crippen molar-refractivity contribution in [3.8, 4) is 0 Å². The van der Waals surface area contributed by atoms with Gasteiger partial charge in [-0.3, -0.25) is 24.7 Å². The number of rotatable bonds is 13. The molecule has 2 amide bonds. The summed E-state index contributed by atoms with van der Waals surface area (Å²) in [6, 6.07) is 8.47. The predicted molar refractivity (Wildman–Crippen MR) is 147 cm³/mol. The van der Waals surface area contributed by atoms with E-state index in [0.29, 0.717) is 44.8 Å². The van der Waals surface area contributed by atoms with E-state index in [1.807, 2.05) is 30.3 Å².